The number of imide groups is 1. The molecule has 1 saturated heterocycles. The molecule has 136 valence electrons. The minimum Gasteiger partial charge on any atom is -0.497 e. The van der Waals surface area contributed by atoms with Gasteiger partial charge in [0.15, 0.2) is 5.78 Å². The Kier molecular flexibility index (Phi) is 3.99. The number of Topliss-reactive ketones (excluding diaryl/α,β-unsaturated/α-hetero) is 1. The molecule has 2 aromatic rings. The summed E-state index contributed by atoms with van der Waals surface area (Å²) in [5.41, 5.74) is 1.20. The Balaban J connectivity index is 1.78. The number of carbonyl (C=O) groups is 3. The van der Waals surface area contributed by atoms with Crippen LogP contribution >= 0.6 is 0 Å². The van der Waals surface area contributed by atoms with Gasteiger partial charge in [-0.05, 0) is 36.4 Å². The predicted molar refractivity (Wildman–Crippen MR) is 99.8 cm³/mol. The highest BCUT2D eigenvalue weighted by molar-refractivity contribution is 6.48. The highest BCUT2D eigenvalue weighted by atomic mass is 16.5. The van der Waals surface area contributed by atoms with Crippen molar-refractivity contribution in [2.75, 3.05) is 17.0 Å². The average molecular weight is 363 g/mol. The summed E-state index contributed by atoms with van der Waals surface area (Å²) in [6.45, 7) is 1.36. The van der Waals surface area contributed by atoms with E-state index in [9.17, 15) is 14.4 Å². The predicted octanol–water partition coefficient (Wildman–Crippen LogP) is 2.02. The van der Waals surface area contributed by atoms with E-state index < -0.39 is 23.8 Å². The van der Waals surface area contributed by atoms with Crippen LogP contribution in [0.25, 0.3) is 0 Å². The summed E-state index contributed by atoms with van der Waals surface area (Å²) in [7, 11) is 1.56. The first-order valence-electron chi connectivity index (χ1n) is 8.48. The highest BCUT2D eigenvalue weighted by Crippen LogP contribution is 2.38. The molecule has 0 spiro atoms. The van der Waals surface area contributed by atoms with E-state index in [1.807, 2.05) is 6.07 Å². The Morgan fingerprint density at radius 3 is 2.22 bits per heavy atom. The normalized spacial score (nSPS) is 21.3. The quantitative estimate of drug-likeness (QED) is 0.777. The molecule has 0 radical (unpaired) electrons. The number of rotatable bonds is 4. The first-order valence-corrected chi connectivity index (χ1v) is 8.48. The van der Waals surface area contributed by atoms with Crippen molar-refractivity contribution in [3.8, 4) is 5.75 Å². The molecule has 0 saturated carbocycles. The molecule has 2 atom stereocenters. The third-order valence-electron chi connectivity index (χ3n) is 4.76. The van der Waals surface area contributed by atoms with Crippen LogP contribution in [0.2, 0.25) is 0 Å². The number of hydrogen-bond acceptors (Lipinski definition) is 6. The Morgan fingerprint density at radius 1 is 0.963 bits per heavy atom. The maximum absolute atomic E-state index is 13.1. The Morgan fingerprint density at radius 2 is 1.63 bits per heavy atom. The van der Waals surface area contributed by atoms with Gasteiger partial charge in [-0.1, -0.05) is 18.2 Å². The fraction of sp³-hybridized carbons (Fsp3) is 0.200. The molecule has 2 amide bonds. The summed E-state index contributed by atoms with van der Waals surface area (Å²) in [6.07, 6.45) is 0. The molecule has 2 aromatic carbocycles. The standard InChI is InChI=1S/C20H17N3O4/c1-12(24)17-16-18(23(21-17)14-8-10-15(27-2)11-9-14)20(26)22(19(16)25)13-6-4-3-5-7-13/h3-11,16,18H,1-2H3. The topological polar surface area (TPSA) is 79.3 Å². The monoisotopic (exact) mass is 363 g/mol. The SMILES string of the molecule is COc1ccc(N2N=C(C(C)=O)C3C(=O)N(c4ccccc4)C(=O)C32)cc1. The molecule has 27 heavy (non-hydrogen) atoms. The Hall–Kier alpha value is -3.48. The van der Waals surface area contributed by atoms with Gasteiger partial charge >= 0.3 is 0 Å². The van der Waals surface area contributed by atoms with Gasteiger partial charge in [-0.3, -0.25) is 19.4 Å². The molecule has 1 fully saturated rings. The number of hydrogen-bond donors (Lipinski definition) is 0. The van der Waals surface area contributed by atoms with Crippen LogP contribution in [-0.4, -0.2) is 36.5 Å². The van der Waals surface area contributed by atoms with E-state index in [1.165, 1.54) is 11.9 Å². The zero-order chi connectivity index (χ0) is 19.1. The van der Waals surface area contributed by atoms with Crippen molar-refractivity contribution in [2.24, 2.45) is 11.0 Å². The molecular formula is C20H17N3O4. The zero-order valence-electron chi connectivity index (χ0n) is 14.8. The minimum absolute atomic E-state index is 0.104. The molecule has 0 bridgehead atoms. The number of ether oxygens (including phenoxy) is 1. The van der Waals surface area contributed by atoms with E-state index in [4.69, 9.17) is 4.74 Å². The fourth-order valence-corrected chi connectivity index (χ4v) is 3.48. The van der Waals surface area contributed by atoms with Crippen molar-refractivity contribution in [2.45, 2.75) is 13.0 Å². The number of hydrazone groups is 1. The van der Waals surface area contributed by atoms with Crippen molar-refractivity contribution in [3.63, 3.8) is 0 Å². The third-order valence-corrected chi connectivity index (χ3v) is 4.76. The van der Waals surface area contributed by atoms with Gasteiger partial charge < -0.3 is 4.74 Å². The van der Waals surface area contributed by atoms with Gasteiger partial charge in [0.25, 0.3) is 5.91 Å². The third kappa shape index (κ3) is 2.59. The van der Waals surface area contributed by atoms with Crippen LogP contribution in [0.1, 0.15) is 6.92 Å². The van der Waals surface area contributed by atoms with Gasteiger partial charge in [0.1, 0.15) is 23.4 Å². The number of anilines is 2. The van der Waals surface area contributed by atoms with E-state index in [0.29, 0.717) is 17.1 Å². The second-order valence-corrected chi connectivity index (χ2v) is 6.35. The van der Waals surface area contributed by atoms with E-state index in [0.717, 1.165) is 4.90 Å². The summed E-state index contributed by atoms with van der Waals surface area (Å²) in [5.74, 6) is -1.40. The van der Waals surface area contributed by atoms with Crippen molar-refractivity contribution in [1.29, 1.82) is 0 Å². The van der Waals surface area contributed by atoms with E-state index in [2.05, 4.69) is 5.10 Å². The summed E-state index contributed by atoms with van der Waals surface area (Å²) in [4.78, 5) is 39.4. The first kappa shape index (κ1) is 17.0. The lowest BCUT2D eigenvalue weighted by atomic mass is 9.95. The second-order valence-electron chi connectivity index (χ2n) is 6.35. The van der Waals surface area contributed by atoms with Crippen molar-refractivity contribution < 1.29 is 19.1 Å². The maximum atomic E-state index is 13.1. The smallest absolute Gasteiger partial charge is 0.259 e. The van der Waals surface area contributed by atoms with Gasteiger partial charge in [0.05, 0.1) is 18.5 Å². The highest BCUT2D eigenvalue weighted by Gasteiger charge is 2.58. The Labute approximate surface area is 155 Å². The number of amides is 2. The van der Waals surface area contributed by atoms with E-state index in [1.54, 1.807) is 55.6 Å². The summed E-state index contributed by atoms with van der Waals surface area (Å²) in [6, 6.07) is 14.8. The molecule has 7 heteroatoms. The molecule has 2 aliphatic heterocycles. The summed E-state index contributed by atoms with van der Waals surface area (Å²) >= 11 is 0. The number of methoxy groups -OCH3 is 1. The minimum atomic E-state index is -0.905. The van der Waals surface area contributed by atoms with Gasteiger partial charge in [-0.2, -0.15) is 5.10 Å². The Bertz CT molecular complexity index is 953. The molecule has 0 aromatic heterocycles. The zero-order valence-corrected chi connectivity index (χ0v) is 14.8. The molecule has 0 aliphatic carbocycles. The molecule has 2 aliphatic rings. The van der Waals surface area contributed by atoms with Gasteiger partial charge in [0.2, 0.25) is 5.91 Å². The number of fused-ring (bicyclic) bond motifs is 1. The van der Waals surface area contributed by atoms with Crippen molar-refractivity contribution in [3.05, 3.63) is 54.6 Å². The van der Waals surface area contributed by atoms with Crippen LogP contribution in [0.5, 0.6) is 5.75 Å². The number of nitrogens with zero attached hydrogens (tertiary/aromatic N) is 3. The van der Waals surface area contributed by atoms with Crippen molar-refractivity contribution in [1.82, 2.24) is 0 Å². The van der Waals surface area contributed by atoms with Crippen LogP contribution < -0.4 is 14.6 Å². The lowest BCUT2D eigenvalue weighted by molar-refractivity contribution is -0.122. The first-order chi connectivity index (χ1) is 13.0. The van der Waals surface area contributed by atoms with Crippen molar-refractivity contribution >= 4 is 34.7 Å². The number of carbonyl (C=O) groups excluding carboxylic acids is 3. The molecule has 0 N–H and O–H groups in total. The van der Waals surface area contributed by atoms with Gasteiger partial charge in [0, 0.05) is 6.92 Å². The van der Waals surface area contributed by atoms with Gasteiger partial charge in [-0.15, -0.1) is 0 Å². The van der Waals surface area contributed by atoms with Gasteiger partial charge in [-0.25, -0.2) is 4.90 Å². The summed E-state index contributed by atoms with van der Waals surface area (Å²) < 4.78 is 5.15. The average Bonchev–Trinajstić information content (AvgIpc) is 3.20. The molecular weight excluding hydrogens is 346 g/mol. The van der Waals surface area contributed by atoms with Crippen LogP contribution in [0.15, 0.2) is 59.7 Å². The second kappa shape index (κ2) is 6.35. The molecule has 2 heterocycles. The van der Waals surface area contributed by atoms with Crippen LogP contribution in [0, 0.1) is 5.92 Å². The maximum Gasteiger partial charge on any atom is 0.259 e. The van der Waals surface area contributed by atoms with Crippen LogP contribution in [-0.2, 0) is 14.4 Å². The summed E-state index contributed by atoms with van der Waals surface area (Å²) in [5, 5.41) is 5.78. The largest absolute Gasteiger partial charge is 0.497 e. The lowest BCUT2D eigenvalue weighted by Crippen LogP contribution is -2.39. The molecule has 7 nitrogen and oxygen atoms in total. The number of para-hydroxylation sites is 1. The van der Waals surface area contributed by atoms with E-state index in [-0.39, 0.29) is 11.5 Å². The molecule has 4 rings (SSSR count). The van der Waals surface area contributed by atoms with Crippen LogP contribution in [0.3, 0.4) is 0 Å². The molecule has 2 unspecified atom stereocenters. The number of ketones is 1. The van der Waals surface area contributed by atoms with Crippen LogP contribution in [0.4, 0.5) is 11.4 Å². The number of benzene rings is 2. The lowest BCUT2D eigenvalue weighted by Gasteiger charge is -2.22. The van der Waals surface area contributed by atoms with E-state index >= 15 is 0 Å². The fourth-order valence-electron chi connectivity index (χ4n) is 3.48.